The van der Waals surface area contributed by atoms with E-state index < -0.39 is 35.5 Å². The van der Waals surface area contributed by atoms with Crippen LogP contribution >= 0.6 is 0 Å². The summed E-state index contributed by atoms with van der Waals surface area (Å²) in [6.07, 6.45) is -6.54. The van der Waals surface area contributed by atoms with Crippen LogP contribution in [0.1, 0.15) is 20.8 Å². The molecule has 94 valence electrons. The zero-order chi connectivity index (χ0) is 13.4. The number of rotatable bonds is 4. The second-order valence-corrected chi connectivity index (χ2v) is 3.77. The molecule has 0 rings (SSSR count). The van der Waals surface area contributed by atoms with Gasteiger partial charge >= 0.3 is 12.1 Å². The predicted octanol–water partition coefficient (Wildman–Crippen LogP) is 2.61. The summed E-state index contributed by atoms with van der Waals surface area (Å²) in [4.78, 5) is 21.6. The fourth-order valence-electron chi connectivity index (χ4n) is 1.52. The number of halogens is 5. The molecule has 1 atom stereocenters. The van der Waals surface area contributed by atoms with E-state index in [4.69, 9.17) is 0 Å². The number of carbonyl (C=O) groups is 2. The summed E-state index contributed by atoms with van der Waals surface area (Å²) in [5.74, 6) is -8.33. The van der Waals surface area contributed by atoms with Gasteiger partial charge in [-0.2, -0.15) is 22.0 Å². The second kappa shape index (κ2) is 4.10. The van der Waals surface area contributed by atoms with E-state index in [0.717, 1.165) is 13.8 Å². The molecule has 0 radical (unpaired) electrons. The van der Waals surface area contributed by atoms with Crippen molar-refractivity contribution in [2.24, 2.45) is 11.3 Å². The van der Waals surface area contributed by atoms with Gasteiger partial charge in [-0.25, -0.2) is 0 Å². The summed E-state index contributed by atoms with van der Waals surface area (Å²) in [5.41, 5.74) is -3.36. The third-order valence-corrected chi connectivity index (χ3v) is 2.55. The first-order valence-corrected chi connectivity index (χ1v) is 4.37. The molecule has 0 bridgehead atoms. The van der Waals surface area contributed by atoms with Crippen LogP contribution in [0.5, 0.6) is 0 Å². The molecule has 0 aliphatic heterocycles. The van der Waals surface area contributed by atoms with Gasteiger partial charge in [-0.15, -0.1) is 0 Å². The number of ketones is 1. The highest BCUT2D eigenvalue weighted by atomic mass is 19.4. The topological polar surface area (TPSA) is 34.1 Å². The summed E-state index contributed by atoms with van der Waals surface area (Å²) in [6, 6.07) is 0. The maximum atomic E-state index is 13.2. The molecule has 0 saturated carbocycles. The fraction of sp³-hybridized carbons (Fsp3) is 0.778. The maximum Gasteiger partial charge on any atom is 0.454 e. The summed E-state index contributed by atoms with van der Waals surface area (Å²) in [5, 5.41) is 0. The molecule has 0 heterocycles. The van der Waals surface area contributed by atoms with Crippen LogP contribution in [-0.2, 0) is 9.59 Å². The summed E-state index contributed by atoms with van der Waals surface area (Å²) >= 11 is 0. The zero-order valence-corrected chi connectivity index (χ0v) is 8.86. The molecule has 0 N–H and O–H groups in total. The van der Waals surface area contributed by atoms with Gasteiger partial charge in [0.2, 0.25) is 0 Å². The fourth-order valence-corrected chi connectivity index (χ4v) is 1.52. The van der Waals surface area contributed by atoms with Crippen molar-refractivity contribution in [3.05, 3.63) is 0 Å². The quantitative estimate of drug-likeness (QED) is 0.434. The molecule has 0 fully saturated rings. The van der Waals surface area contributed by atoms with Crippen molar-refractivity contribution in [3.63, 3.8) is 0 Å². The van der Waals surface area contributed by atoms with E-state index in [-0.39, 0.29) is 0 Å². The molecule has 1 unspecified atom stereocenters. The van der Waals surface area contributed by atoms with Crippen molar-refractivity contribution >= 4 is 12.1 Å². The normalized spacial score (nSPS) is 17.1. The van der Waals surface area contributed by atoms with Crippen LogP contribution in [0.25, 0.3) is 0 Å². The van der Waals surface area contributed by atoms with Gasteiger partial charge in [0.15, 0.2) is 5.41 Å². The summed E-state index contributed by atoms with van der Waals surface area (Å²) in [6.45, 7) is 2.49. The Bertz CT molecular complexity index is 295. The summed E-state index contributed by atoms with van der Waals surface area (Å²) in [7, 11) is 0. The van der Waals surface area contributed by atoms with Crippen molar-refractivity contribution in [3.8, 4) is 0 Å². The number of carbonyl (C=O) groups excluding carboxylic acids is 2. The van der Waals surface area contributed by atoms with Gasteiger partial charge < -0.3 is 4.79 Å². The Morgan fingerprint density at radius 3 is 1.56 bits per heavy atom. The van der Waals surface area contributed by atoms with Gasteiger partial charge in [0, 0.05) is 0 Å². The van der Waals surface area contributed by atoms with E-state index in [2.05, 4.69) is 0 Å². The standard InChI is InChI=1S/C9H11F5O2/c1-5(2)7(4-15,6(3)16)8(10,11)9(12,13)14/h4-5H,1-3H3. The Morgan fingerprint density at radius 1 is 1.12 bits per heavy atom. The van der Waals surface area contributed by atoms with Gasteiger partial charge in [-0.1, -0.05) is 13.8 Å². The first-order valence-electron chi connectivity index (χ1n) is 4.37. The molecule has 0 spiro atoms. The largest absolute Gasteiger partial charge is 0.454 e. The highest BCUT2D eigenvalue weighted by Gasteiger charge is 2.73. The molecule has 0 amide bonds. The van der Waals surface area contributed by atoms with Crippen LogP contribution in [0.2, 0.25) is 0 Å². The third kappa shape index (κ3) is 1.82. The van der Waals surface area contributed by atoms with Crippen molar-refractivity contribution in [1.82, 2.24) is 0 Å². The van der Waals surface area contributed by atoms with Crippen LogP contribution in [0, 0.1) is 11.3 Å². The minimum Gasteiger partial charge on any atom is -0.302 e. The Hall–Kier alpha value is -1.01. The molecule has 16 heavy (non-hydrogen) atoms. The number of hydrogen-bond acceptors (Lipinski definition) is 2. The van der Waals surface area contributed by atoms with Crippen LogP contribution in [-0.4, -0.2) is 24.2 Å². The third-order valence-electron chi connectivity index (χ3n) is 2.55. The summed E-state index contributed by atoms with van der Waals surface area (Å²) < 4.78 is 62.9. The average molecular weight is 246 g/mol. The predicted molar refractivity (Wildman–Crippen MR) is 45.0 cm³/mol. The van der Waals surface area contributed by atoms with Crippen molar-refractivity contribution in [1.29, 1.82) is 0 Å². The van der Waals surface area contributed by atoms with Gasteiger partial charge in [-0.3, -0.25) is 4.79 Å². The zero-order valence-electron chi connectivity index (χ0n) is 8.86. The van der Waals surface area contributed by atoms with Crippen LogP contribution in [0.3, 0.4) is 0 Å². The van der Waals surface area contributed by atoms with Gasteiger partial charge in [-0.05, 0) is 12.8 Å². The number of Topliss-reactive ketones (excluding diaryl/α,β-unsaturated/α-hetero) is 1. The molecule has 2 nitrogen and oxygen atoms in total. The molecule has 0 aromatic carbocycles. The highest BCUT2D eigenvalue weighted by Crippen LogP contribution is 2.51. The smallest absolute Gasteiger partial charge is 0.302 e. The van der Waals surface area contributed by atoms with Crippen LogP contribution in [0.4, 0.5) is 22.0 Å². The first-order chi connectivity index (χ1) is 6.95. The Labute approximate surface area is 88.8 Å². The molecule has 0 aliphatic carbocycles. The van der Waals surface area contributed by atoms with Crippen LogP contribution in [0.15, 0.2) is 0 Å². The van der Waals surface area contributed by atoms with E-state index in [1.807, 2.05) is 0 Å². The first kappa shape index (κ1) is 15.0. The van der Waals surface area contributed by atoms with Crippen LogP contribution < -0.4 is 0 Å². The lowest BCUT2D eigenvalue weighted by Gasteiger charge is -2.37. The molecule has 0 saturated heterocycles. The molecule has 0 aromatic heterocycles. The SMILES string of the molecule is CC(=O)C(C=O)(C(C)C)C(F)(F)C(F)(F)F. The highest BCUT2D eigenvalue weighted by molar-refractivity contribution is 5.98. The molecular formula is C9H11F5O2. The van der Waals surface area contributed by atoms with Crippen molar-refractivity contribution in [2.75, 3.05) is 0 Å². The lowest BCUT2D eigenvalue weighted by Crippen LogP contribution is -2.59. The van der Waals surface area contributed by atoms with Crippen molar-refractivity contribution in [2.45, 2.75) is 32.9 Å². The van der Waals surface area contributed by atoms with E-state index in [9.17, 15) is 31.5 Å². The minimum atomic E-state index is -5.94. The minimum absolute atomic E-state index is 0.550. The average Bonchev–Trinajstić information content (AvgIpc) is 2.01. The van der Waals surface area contributed by atoms with Crippen molar-refractivity contribution < 1.29 is 31.5 Å². The maximum absolute atomic E-state index is 13.2. The number of hydrogen-bond donors (Lipinski definition) is 0. The molecule has 7 heteroatoms. The lowest BCUT2D eigenvalue weighted by atomic mass is 9.70. The van der Waals surface area contributed by atoms with E-state index >= 15 is 0 Å². The Morgan fingerprint density at radius 2 is 1.50 bits per heavy atom. The van der Waals surface area contributed by atoms with Gasteiger partial charge in [0.05, 0.1) is 0 Å². The van der Waals surface area contributed by atoms with E-state index in [1.165, 1.54) is 0 Å². The number of alkyl halides is 5. The molecule has 0 aliphatic rings. The lowest BCUT2D eigenvalue weighted by molar-refractivity contribution is -0.317. The van der Waals surface area contributed by atoms with E-state index in [1.54, 1.807) is 0 Å². The monoisotopic (exact) mass is 246 g/mol. The molecular weight excluding hydrogens is 235 g/mol. The Kier molecular flexibility index (Phi) is 3.84. The second-order valence-electron chi connectivity index (χ2n) is 3.77. The van der Waals surface area contributed by atoms with Gasteiger partial charge in [0.1, 0.15) is 12.1 Å². The molecule has 0 aromatic rings. The Balaban J connectivity index is 5.89. The number of aldehydes is 1. The van der Waals surface area contributed by atoms with Gasteiger partial charge in [0.25, 0.3) is 0 Å². The van der Waals surface area contributed by atoms with E-state index in [0.29, 0.717) is 6.92 Å².